The molecule has 2 rings (SSSR count). The maximum atomic E-state index is 12.0. The van der Waals surface area contributed by atoms with Crippen molar-refractivity contribution in [2.75, 3.05) is 0 Å². The molecule has 0 N–H and O–H groups in total. The highest BCUT2D eigenvalue weighted by atomic mass is 16.5. The number of benzene rings is 2. The first-order valence-electron chi connectivity index (χ1n) is 6.99. The zero-order chi connectivity index (χ0) is 14.5. The second-order valence-corrected chi connectivity index (χ2v) is 5.13. The highest BCUT2D eigenvalue weighted by Gasteiger charge is 2.09. The summed E-state index contributed by atoms with van der Waals surface area (Å²) in [6, 6.07) is 15.1. The number of esters is 1. The van der Waals surface area contributed by atoms with Crippen molar-refractivity contribution in [1.82, 2.24) is 0 Å². The quantitative estimate of drug-likeness (QED) is 0.592. The Morgan fingerprint density at radius 2 is 1.65 bits per heavy atom. The monoisotopic (exact) mass is 268 g/mol. The van der Waals surface area contributed by atoms with Crippen LogP contribution in [0.3, 0.4) is 0 Å². The molecule has 1 unspecified atom stereocenters. The summed E-state index contributed by atoms with van der Waals surface area (Å²) in [5, 5.41) is 0. The summed E-state index contributed by atoms with van der Waals surface area (Å²) in [7, 11) is 0. The van der Waals surface area contributed by atoms with E-state index in [0.717, 1.165) is 12.0 Å². The van der Waals surface area contributed by atoms with E-state index in [1.165, 1.54) is 5.56 Å². The van der Waals surface area contributed by atoms with Crippen molar-refractivity contribution < 1.29 is 9.53 Å². The lowest BCUT2D eigenvalue weighted by molar-refractivity contribution is 0.0734. The van der Waals surface area contributed by atoms with Gasteiger partial charge < -0.3 is 4.74 Å². The smallest absolute Gasteiger partial charge is 0.343 e. The summed E-state index contributed by atoms with van der Waals surface area (Å²) in [6.45, 7) is 6.34. The molecule has 0 aromatic heterocycles. The normalized spacial score (nSPS) is 11.9. The van der Waals surface area contributed by atoms with Crippen LogP contribution in [0.25, 0.3) is 0 Å². The maximum Gasteiger partial charge on any atom is 0.343 e. The van der Waals surface area contributed by atoms with Gasteiger partial charge in [-0.25, -0.2) is 4.79 Å². The number of hydrogen-bond acceptors (Lipinski definition) is 2. The fraction of sp³-hybridized carbons (Fsp3) is 0.278. The van der Waals surface area contributed by atoms with Crippen LogP contribution in [0.5, 0.6) is 5.75 Å². The second-order valence-electron chi connectivity index (χ2n) is 5.13. The molecule has 0 aliphatic rings. The fourth-order valence-electron chi connectivity index (χ4n) is 1.96. The predicted octanol–water partition coefficient (Wildman–Crippen LogP) is 4.73. The number of carbonyl (C=O) groups is 1. The highest BCUT2D eigenvalue weighted by Crippen LogP contribution is 2.22. The number of ether oxygens (including phenoxy) is 1. The Labute approximate surface area is 120 Å². The third-order valence-electron chi connectivity index (χ3n) is 3.56. The van der Waals surface area contributed by atoms with E-state index in [2.05, 4.69) is 13.8 Å². The van der Waals surface area contributed by atoms with Crippen LogP contribution >= 0.6 is 0 Å². The van der Waals surface area contributed by atoms with E-state index < -0.39 is 0 Å². The SMILES string of the molecule is CCC(C)c1ccc(OC(=O)c2ccc(C)cc2)cc1. The van der Waals surface area contributed by atoms with Crippen molar-refractivity contribution in [3.63, 3.8) is 0 Å². The van der Waals surface area contributed by atoms with Gasteiger partial charge in [-0.15, -0.1) is 0 Å². The molecule has 0 saturated carbocycles. The van der Waals surface area contributed by atoms with Crippen LogP contribution in [0.2, 0.25) is 0 Å². The summed E-state index contributed by atoms with van der Waals surface area (Å²) in [4.78, 5) is 12.0. The maximum absolute atomic E-state index is 12.0. The number of carbonyl (C=O) groups excluding carboxylic acids is 1. The molecule has 0 radical (unpaired) electrons. The Balaban J connectivity index is 2.06. The molecule has 2 heteroatoms. The molecule has 0 amide bonds. The van der Waals surface area contributed by atoms with Crippen LogP contribution in [0.1, 0.15) is 47.7 Å². The van der Waals surface area contributed by atoms with Crippen molar-refractivity contribution in [2.24, 2.45) is 0 Å². The summed E-state index contributed by atoms with van der Waals surface area (Å²) in [5.41, 5.74) is 2.96. The van der Waals surface area contributed by atoms with Crippen molar-refractivity contribution >= 4 is 5.97 Å². The Hall–Kier alpha value is -2.09. The average molecular weight is 268 g/mol. The van der Waals surface area contributed by atoms with Crippen LogP contribution in [-0.2, 0) is 0 Å². The van der Waals surface area contributed by atoms with Crippen LogP contribution in [0.4, 0.5) is 0 Å². The van der Waals surface area contributed by atoms with Gasteiger partial charge in [0, 0.05) is 0 Å². The first-order chi connectivity index (χ1) is 9.60. The largest absolute Gasteiger partial charge is 0.423 e. The van der Waals surface area contributed by atoms with Gasteiger partial charge in [-0.2, -0.15) is 0 Å². The molecule has 2 aromatic carbocycles. The second kappa shape index (κ2) is 6.38. The first kappa shape index (κ1) is 14.3. The van der Waals surface area contributed by atoms with Crippen LogP contribution in [0.15, 0.2) is 48.5 Å². The first-order valence-corrected chi connectivity index (χ1v) is 6.99. The van der Waals surface area contributed by atoms with Gasteiger partial charge in [0.25, 0.3) is 0 Å². The number of hydrogen-bond donors (Lipinski definition) is 0. The Kier molecular flexibility index (Phi) is 4.57. The topological polar surface area (TPSA) is 26.3 Å². The lowest BCUT2D eigenvalue weighted by Crippen LogP contribution is -2.08. The number of rotatable bonds is 4. The minimum absolute atomic E-state index is 0.318. The van der Waals surface area contributed by atoms with Crippen LogP contribution < -0.4 is 4.74 Å². The molecule has 0 spiro atoms. The summed E-state index contributed by atoms with van der Waals surface area (Å²) in [5.74, 6) is 0.792. The lowest BCUT2D eigenvalue weighted by atomic mass is 9.99. The molecule has 2 aromatic rings. The third-order valence-corrected chi connectivity index (χ3v) is 3.56. The van der Waals surface area contributed by atoms with Crippen molar-refractivity contribution in [3.05, 3.63) is 65.2 Å². The van der Waals surface area contributed by atoms with E-state index in [4.69, 9.17) is 4.74 Å². The Morgan fingerprint density at radius 1 is 1.05 bits per heavy atom. The van der Waals surface area contributed by atoms with Gasteiger partial charge >= 0.3 is 5.97 Å². The van der Waals surface area contributed by atoms with E-state index in [0.29, 0.717) is 17.2 Å². The van der Waals surface area contributed by atoms with E-state index in [-0.39, 0.29) is 5.97 Å². The fourth-order valence-corrected chi connectivity index (χ4v) is 1.96. The van der Waals surface area contributed by atoms with E-state index in [1.807, 2.05) is 43.3 Å². The average Bonchev–Trinajstić information content (AvgIpc) is 2.48. The third kappa shape index (κ3) is 3.47. The molecule has 0 heterocycles. The highest BCUT2D eigenvalue weighted by molar-refractivity contribution is 5.91. The molecular formula is C18H20O2. The minimum atomic E-state index is -0.318. The molecule has 0 aliphatic carbocycles. The summed E-state index contributed by atoms with van der Waals surface area (Å²) >= 11 is 0. The molecule has 0 saturated heterocycles. The zero-order valence-electron chi connectivity index (χ0n) is 12.2. The van der Waals surface area contributed by atoms with Gasteiger partial charge in [-0.1, -0.05) is 43.7 Å². The van der Waals surface area contributed by atoms with Crippen molar-refractivity contribution in [1.29, 1.82) is 0 Å². The van der Waals surface area contributed by atoms with Gasteiger partial charge in [-0.3, -0.25) is 0 Å². The van der Waals surface area contributed by atoms with Gasteiger partial charge in [0.2, 0.25) is 0 Å². The summed E-state index contributed by atoms with van der Waals surface area (Å²) < 4.78 is 5.37. The molecule has 2 nitrogen and oxygen atoms in total. The number of aryl methyl sites for hydroxylation is 1. The van der Waals surface area contributed by atoms with Gasteiger partial charge in [0.1, 0.15) is 5.75 Å². The van der Waals surface area contributed by atoms with Crippen molar-refractivity contribution in [3.8, 4) is 5.75 Å². The zero-order valence-corrected chi connectivity index (χ0v) is 12.2. The molecule has 1 atom stereocenters. The van der Waals surface area contributed by atoms with Gasteiger partial charge in [0.15, 0.2) is 0 Å². The van der Waals surface area contributed by atoms with E-state index >= 15 is 0 Å². The molecule has 0 aliphatic heterocycles. The van der Waals surface area contributed by atoms with E-state index in [1.54, 1.807) is 12.1 Å². The Morgan fingerprint density at radius 3 is 2.20 bits per heavy atom. The van der Waals surface area contributed by atoms with Gasteiger partial charge in [0.05, 0.1) is 5.56 Å². The van der Waals surface area contributed by atoms with Crippen molar-refractivity contribution in [2.45, 2.75) is 33.1 Å². The predicted molar refractivity (Wildman–Crippen MR) is 81.3 cm³/mol. The Bertz CT molecular complexity index is 567. The lowest BCUT2D eigenvalue weighted by Gasteiger charge is -2.10. The molecular weight excluding hydrogens is 248 g/mol. The van der Waals surface area contributed by atoms with Crippen LogP contribution in [-0.4, -0.2) is 5.97 Å². The molecule has 0 bridgehead atoms. The van der Waals surface area contributed by atoms with Crippen LogP contribution in [0, 0.1) is 6.92 Å². The van der Waals surface area contributed by atoms with E-state index in [9.17, 15) is 4.79 Å². The molecule has 104 valence electrons. The molecule has 0 fully saturated rings. The summed E-state index contributed by atoms with van der Waals surface area (Å²) in [6.07, 6.45) is 1.10. The minimum Gasteiger partial charge on any atom is -0.423 e. The molecule has 20 heavy (non-hydrogen) atoms. The standard InChI is InChI=1S/C18H20O2/c1-4-14(3)15-9-11-17(12-10-15)20-18(19)16-7-5-13(2)6-8-16/h5-12,14H,4H2,1-3H3. The van der Waals surface area contributed by atoms with Gasteiger partial charge in [-0.05, 0) is 49.1 Å².